The van der Waals surface area contributed by atoms with Crippen LogP contribution < -0.4 is 10.5 Å². The number of hydrogen-bond acceptors (Lipinski definition) is 5. The molecule has 0 amide bonds. The van der Waals surface area contributed by atoms with Gasteiger partial charge in [-0.15, -0.1) is 0 Å². The molecule has 2 aromatic heterocycles. The fourth-order valence-corrected chi connectivity index (χ4v) is 5.23. The molecule has 8 heteroatoms. The van der Waals surface area contributed by atoms with Crippen LogP contribution in [0.25, 0.3) is 15.9 Å². The van der Waals surface area contributed by atoms with E-state index in [1.54, 1.807) is 16.0 Å². The predicted molar refractivity (Wildman–Crippen MR) is 123 cm³/mol. The van der Waals surface area contributed by atoms with Gasteiger partial charge in [-0.3, -0.25) is 14.4 Å². The second-order valence-corrected chi connectivity index (χ2v) is 8.85. The van der Waals surface area contributed by atoms with E-state index in [2.05, 4.69) is 28.0 Å². The first-order valence-electron chi connectivity index (χ1n) is 9.96. The monoisotopic (exact) mass is 439 g/mol. The number of aromatic nitrogens is 3. The van der Waals surface area contributed by atoms with Crippen LogP contribution >= 0.6 is 22.9 Å². The molecule has 5 rings (SSSR count). The van der Waals surface area contributed by atoms with Crippen molar-refractivity contribution in [2.24, 2.45) is 7.05 Å². The lowest BCUT2D eigenvalue weighted by Gasteiger charge is -2.34. The molecule has 1 aliphatic rings. The Balaban J connectivity index is 1.31. The van der Waals surface area contributed by atoms with Gasteiger partial charge in [0.2, 0.25) is 0 Å². The summed E-state index contributed by atoms with van der Waals surface area (Å²) in [6.07, 6.45) is 0. The molecule has 1 aliphatic heterocycles. The molecule has 154 valence electrons. The molecule has 1 saturated heterocycles. The highest BCUT2D eigenvalue weighted by atomic mass is 35.5. The van der Waals surface area contributed by atoms with Crippen LogP contribution in [0.3, 0.4) is 0 Å². The summed E-state index contributed by atoms with van der Waals surface area (Å²) in [6.45, 7) is 4.27. The molecular formula is C22H22ClN5OS. The maximum absolute atomic E-state index is 12.8. The third-order valence-electron chi connectivity index (χ3n) is 5.62. The van der Waals surface area contributed by atoms with Gasteiger partial charge in [-0.2, -0.15) is 0 Å². The van der Waals surface area contributed by atoms with Crippen LogP contribution in [0.4, 0.5) is 5.13 Å². The van der Waals surface area contributed by atoms with Crippen LogP contribution in [0.1, 0.15) is 5.69 Å². The summed E-state index contributed by atoms with van der Waals surface area (Å²) < 4.78 is 4.73. The number of piperazine rings is 1. The number of halogens is 1. The molecule has 0 spiro atoms. The second-order valence-electron chi connectivity index (χ2n) is 7.46. The number of nitrogens with zero attached hydrogens (tertiary/aromatic N) is 5. The number of hydrogen-bond donors (Lipinski definition) is 0. The van der Waals surface area contributed by atoms with E-state index in [-0.39, 0.29) is 5.56 Å². The minimum absolute atomic E-state index is 0.173. The van der Waals surface area contributed by atoms with Crippen LogP contribution in [0, 0.1) is 0 Å². The zero-order chi connectivity index (χ0) is 20.7. The van der Waals surface area contributed by atoms with E-state index < -0.39 is 0 Å². The molecule has 2 aromatic carbocycles. The van der Waals surface area contributed by atoms with Crippen molar-refractivity contribution in [2.75, 3.05) is 31.1 Å². The van der Waals surface area contributed by atoms with E-state index in [9.17, 15) is 4.79 Å². The Kier molecular flexibility index (Phi) is 5.10. The first kappa shape index (κ1) is 19.4. The summed E-state index contributed by atoms with van der Waals surface area (Å²) in [5.41, 5.74) is 2.55. The van der Waals surface area contributed by atoms with Gasteiger partial charge in [-0.05, 0) is 24.3 Å². The van der Waals surface area contributed by atoms with Crippen molar-refractivity contribution < 1.29 is 0 Å². The Morgan fingerprint density at radius 2 is 1.70 bits per heavy atom. The Morgan fingerprint density at radius 3 is 2.43 bits per heavy atom. The van der Waals surface area contributed by atoms with E-state index >= 15 is 0 Å². The van der Waals surface area contributed by atoms with E-state index in [0.717, 1.165) is 48.2 Å². The number of fused-ring (bicyclic) bond motifs is 1. The SMILES string of the molecule is Cn1c(CN2CCN(c3nc4ccccc4s3)CC2)c(Cl)c(=O)n1-c1ccccc1. The number of para-hydroxylation sites is 2. The lowest BCUT2D eigenvalue weighted by Crippen LogP contribution is -2.46. The number of benzene rings is 2. The van der Waals surface area contributed by atoms with Crippen molar-refractivity contribution >= 4 is 38.3 Å². The van der Waals surface area contributed by atoms with Gasteiger partial charge in [0, 0.05) is 39.8 Å². The standard InChI is InChI=1S/C22H22ClN5OS/c1-25-18(20(23)21(29)28(25)16-7-3-2-4-8-16)15-26-11-13-27(14-12-26)22-24-17-9-5-6-10-19(17)30-22/h2-10H,11-15H2,1H3. The highest BCUT2D eigenvalue weighted by Gasteiger charge is 2.24. The summed E-state index contributed by atoms with van der Waals surface area (Å²) >= 11 is 8.20. The summed E-state index contributed by atoms with van der Waals surface area (Å²) in [6, 6.07) is 17.9. The van der Waals surface area contributed by atoms with Crippen molar-refractivity contribution in [3.63, 3.8) is 0 Å². The normalized spacial score (nSPS) is 15.2. The maximum Gasteiger partial charge on any atom is 0.290 e. The number of anilines is 1. The summed E-state index contributed by atoms with van der Waals surface area (Å²) in [4.78, 5) is 22.2. The summed E-state index contributed by atoms with van der Waals surface area (Å²) in [5.74, 6) is 0. The minimum atomic E-state index is -0.173. The van der Waals surface area contributed by atoms with E-state index in [1.165, 1.54) is 4.70 Å². The highest BCUT2D eigenvalue weighted by Crippen LogP contribution is 2.29. The third-order valence-corrected chi connectivity index (χ3v) is 7.10. The molecule has 0 aliphatic carbocycles. The van der Waals surface area contributed by atoms with Crippen molar-refractivity contribution in [3.8, 4) is 5.69 Å². The number of thiazole rings is 1. The van der Waals surface area contributed by atoms with Crippen LogP contribution in [0.15, 0.2) is 59.4 Å². The van der Waals surface area contributed by atoms with Crippen LogP contribution in [0.5, 0.6) is 0 Å². The second kappa shape index (κ2) is 7.91. The van der Waals surface area contributed by atoms with Gasteiger partial charge in [0.1, 0.15) is 5.02 Å². The molecular weight excluding hydrogens is 418 g/mol. The van der Waals surface area contributed by atoms with Crippen LogP contribution in [0.2, 0.25) is 5.02 Å². The lowest BCUT2D eigenvalue weighted by atomic mass is 10.3. The van der Waals surface area contributed by atoms with Gasteiger partial charge in [0.15, 0.2) is 5.13 Å². The third kappa shape index (κ3) is 3.43. The van der Waals surface area contributed by atoms with E-state index in [0.29, 0.717) is 11.6 Å². The lowest BCUT2D eigenvalue weighted by molar-refractivity contribution is 0.243. The Labute approximate surface area is 183 Å². The van der Waals surface area contributed by atoms with Crippen LogP contribution in [-0.4, -0.2) is 45.4 Å². The number of rotatable bonds is 4. The average Bonchev–Trinajstić information content (AvgIpc) is 3.30. The molecule has 1 fully saturated rings. The molecule has 0 atom stereocenters. The van der Waals surface area contributed by atoms with E-state index in [4.69, 9.17) is 16.6 Å². The smallest absolute Gasteiger partial charge is 0.290 e. The van der Waals surface area contributed by atoms with Crippen molar-refractivity contribution in [2.45, 2.75) is 6.54 Å². The topological polar surface area (TPSA) is 46.3 Å². The zero-order valence-corrected chi connectivity index (χ0v) is 18.2. The molecule has 0 saturated carbocycles. The highest BCUT2D eigenvalue weighted by molar-refractivity contribution is 7.22. The van der Waals surface area contributed by atoms with Crippen molar-refractivity contribution in [1.82, 2.24) is 19.2 Å². The molecule has 3 heterocycles. The molecule has 4 aromatic rings. The predicted octanol–water partition coefficient (Wildman–Crippen LogP) is 3.76. The molecule has 0 bridgehead atoms. The fourth-order valence-electron chi connectivity index (χ4n) is 3.95. The molecule has 0 unspecified atom stereocenters. The van der Waals surface area contributed by atoms with Crippen molar-refractivity contribution in [3.05, 3.63) is 75.7 Å². The van der Waals surface area contributed by atoms with Gasteiger partial charge < -0.3 is 4.90 Å². The molecule has 0 radical (unpaired) electrons. The minimum Gasteiger partial charge on any atom is -0.345 e. The van der Waals surface area contributed by atoms with E-state index in [1.807, 2.05) is 48.1 Å². The summed E-state index contributed by atoms with van der Waals surface area (Å²) in [5, 5.41) is 1.38. The molecule has 30 heavy (non-hydrogen) atoms. The quantitative estimate of drug-likeness (QED) is 0.485. The van der Waals surface area contributed by atoms with Crippen LogP contribution in [-0.2, 0) is 13.6 Å². The van der Waals surface area contributed by atoms with Gasteiger partial charge in [0.25, 0.3) is 5.56 Å². The first-order valence-corrected chi connectivity index (χ1v) is 11.2. The Morgan fingerprint density at radius 1 is 1.00 bits per heavy atom. The molecule has 6 nitrogen and oxygen atoms in total. The van der Waals surface area contributed by atoms with Gasteiger partial charge in [-0.25, -0.2) is 9.67 Å². The maximum atomic E-state index is 12.8. The fraction of sp³-hybridized carbons (Fsp3) is 0.273. The summed E-state index contributed by atoms with van der Waals surface area (Å²) in [7, 11) is 1.90. The van der Waals surface area contributed by atoms with Crippen molar-refractivity contribution in [1.29, 1.82) is 0 Å². The van der Waals surface area contributed by atoms with Gasteiger partial charge in [-0.1, -0.05) is 53.3 Å². The molecule has 0 N–H and O–H groups in total. The average molecular weight is 440 g/mol. The largest absolute Gasteiger partial charge is 0.345 e. The Hall–Kier alpha value is -2.61. The Bertz CT molecular complexity index is 1200. The zero-order valence-electron chi connectivity index (χ0n) is 16.7. The van der Waals surface area contributed by atoms with Gasteiger partial charge in [0.05, 0.1) is 21.6 Å². The van der Waals surface area contributed by atoms with Gasteiger partial charge >= 0.3 is 0 Å². The first-order chi connectivity index (χ1) is 14.6.